The highest BCUT2D eigenvalue weighted by atomic mass is 16.5. The van der Waals surface area contributed by atoms with Crippen LogP contribution in [0.15, 0.2) is 47.1 Å². The minimum absolute atomic E-state index is 0.0496. The van der Waals surface area contributed by atoms with E-state index in [0.29, 0.717) is 31.1 Å². The van der Waals surface area contributed by atoms with Crippen molar-refractivity contribution in [1.82, 2.24) is 20.2 Å². The van der Waals surface area contributed by atoms with Gasteiger partial charge in [-0.05, 0) is 38.1 Å². The zero-order chi connectivity index (χ0) is 22.3. The highest BCUT2D eigenvalue weighted by molar-refractivity contribution is 5.91. The monoisotopic (exact) mass is 437 g/mol. The average Bonchev–Trinajstić information content (AvgIpc) is 3.34. The maximum Gasteiger partial charge on any atom is 0.221 e. The summed E-state index contributed by atoms with van der Waals surface area (Å²) in [7, 11) is 0. The molecule has 1 fully saturated rings. The third kappa shape index (κ3) is 5.44. The van der Waals surface area contributed by atoms with Crippen LogP contribution in [0.2, 0.25) is 0 Å². The zero-order valence-electron chi connectivity index (χ0n) is 18.8. The van der Waals surface area contributed by atoms with E-state index in [1.54, 1.807) is 6.26 Å². The normalized spacial score (nSPS) is 14.7. The Kier molecular flexibility index (Phi) is 7.34. The Bertz CT molecular complexity index is 1020. The van der Waals surface area contributed by atoms with Gasteiger partial charge in [0.1, 0.15) is 5.82 Å². The first-order chi connectivity index (χ1) is 15.6. The second kappa shape index (κ2) is 10.6. The number of carbonyl (C=O) groups excluding carboxylic acids is 1. The maximum atomic E-state index is 12.5. The van der Waals surface area contributed by atoms with Gasteiger partial charge < -0.3 is 19.4 Å². The van der Waals surface area contributed by atoms with Crippen molar-refractivity contribution in [2.24, 2.45) is 0 Å². The number of hydrogen-bond donors (Lipinski definition) is 1. The number of amides is 1. The van der Waals surface area contributed by atoms with Crippen LogP contribution in [0.5, 0.6) is 0 Å². The summed E-state index contributed by atoms with van der Waals surface area (Å²) >= 11 is 0. The minimum atomic E-state index is 0.0496. The number of aromatic nitrogens is 2. The molecule has 32 heavy (non-hydrogen) atoms. The first-order valence-corrected chi connectivity index (χ1v) is 11.3. The fraction of sp³-hybridized carbons (Fsp3) is 0.458. The van der Waals surface area contributed by atoms with Crippen LogP contribution >= 0.6 is 0 Å². The third-order valence-corrected chi connectivity index (χ3v) is 5.65. The largest absolute Gasteiger partial charge is 0.461 e. The second-order valence-electron chi connectivity index (χ2n) is 8.21. The fourth-order valence-electron chi connectivity index (χ4n) is 3.89. The van der Waals surface area contributed by atoms with E-state index in [0.717, 1.165) is 49.6 Å². The number of fused-ring (bicyclic) bond motifs is 1. The zero-order valence-corrected chi connectivity index (χ0v) is 18.8. The molecular formula is C24H31N5O3. The summed E-state index contributed by atoms with van der Waals surface area (Å²) in [6.07, 6.45) is 2.02. The van der Waals surface area contributed by atoms with Gasteiger partial charge in [-0.1, -0.05) is 12.1 Å². The summed E-state index contributed by atoms with van der Waals surface area (Å²) < 4.78 is 10.9. The van der Waals surface area contributed by atoms with Gasteiger partial charge in [-0.15, -0.1) is 0 Å². The van der Waals surface area contributed by atoms with Crippen LogP contribution in [0, 0.1) is 0 Å². The molecule has 1 saturated heterocycles. The highest BCUT2D eigenvalue weighted by Gasteiger charge is 2.20. The summed E-state index contributed by atoms with van der Waals surface area (Å²) in [5.74, 6) is 2.04. The van der Waals surface area contributed by atoms with E-state index in [9.17, 15) is 4.79 Å². The minimum Gasteiger partial charge on any atom is -0.461 e. The van der Waals surface area contributed by atoms with Crippen molar-refractivity contribution in [2.45, 2.75) is 26.3 Å². The molecule has 1 amide bonds. The molecule has 0 atom stereocenters. The lowest BCUT2D eigenvalue weighted by Crippen LogP contribution is -2.42. The van der Waals surface area contributed by atoms with Crippen LogP contribution in [0.1, 0.15) is 20.3 Å². The number of carbonyl (C=O) groups is 1. The van der Waals surface area contributed by atoms with Crippen molar-refractivity contribution in [1.29, 1.82) is 0 Å². The number of ether oxygens (including phenoxy) is 1. The number of hydrogen-bond acceptors (Lipinski definition) is 7. The molecule has 3 heterocycles. The van der Waals surface area contributed by atoms with Crippen LogP contribution in [-0.4, -0.2) is 72.8 Å². The van der Waals surface area contributed by atoms with Gasteiger partial charge >= 0.3 is 0 Å². The van der Waals surface area contributed by atoms with E-state index < -0.39 is 0 Å². The van der Waals surface area contributed by atoms with Crippen LogP contribution in [-0.2, 0) is 9.53 Å². The SMILES string of the molecule is CC(C)N(CCC(=O)NCCN1CCOCC1)c1nc(-c2ccco2)nc2ccccc12. The van der Waals surface area contributed by atoms with Gasteiger partial charge in [0.2, 0.25) is 5.91 Å². The Hall–Kier alpha value is -2.97. The van der Waals surface area contributed by atoms with E-state index in [-0.39, 0.29) is 11.9 Å². The molecule has 8 nitrogen and oxygen atoms in total. The van der Waals surface area contributed by atoms with Crippen LogP contribution in [0.25, 0.3) is 22.5 Å². The second-order valence-corrected chi connectivity index (χ2v) is 8.21. The Balaban J connectivity index is 1.45. The van der Waals surface area contributed by atoms with Crippen LogP contribution in [0.4, 0.5) is 5.82 Å². The summed E-state index contributed by atoms with van der Waals surface area (Å²) in [5, 5.41) is 4.01. The lowest BCUT2D eigenvalue weighted by molar-refractivity contribution is -0.121. The number of anilines is 1. The third-order valence-electron chi connectivity index (χ3n) is 5.65. The van der Waals surface area contributed by atoms with Crippen LogP contribution < -0.4 is 10.2 Å². The quantitative estimate of drug-likeness (QED) is 0.551. The lowest BCUT2D eigenvalue weighted by Gasteiger charge is -2.29. The first-order valence-electron chi connectivity index (χ1n) is 11.3. The molecule has 0 spiro atoms. The Morgan fingerprint density at radius 1 is 1.16 bits per heavy atom. The molecule has 170 valence electrons. The lowest BCUT2D eigenvalue weighted by atomic mass is 10.2. The van der Waals surface area contributed by atoms with Gasteiger partial charge in [0, 0.05) is 50.6 Å². The van der Waals surface area contributed by atoms with Crippen LogP contribution in [0.3, 0.4) is 0 Å². The number of benzene rings is 1. The first kappa shape index (κ1) is 22.2. The number of para-hydroxylation sites is 1. The standard InChI is InChI=1S/C24H31N5O3/c1-18(2)29(11-9-22(30)25-10-12-28-13-16-31-17-14-28)24-19-6-3-4-7-20(19)26-23(27-24)21-8-5-15-32-21/h3-8,15,18H,9-14,16-17H2,1-2H3,(H,25,30). The summed E-state index contributed by atoms with van der Waals surface area (Å²) in [5.41, 5.74) is 0.851. The molecule has 0 unspecified atom stereocenters. The Morgan fingerprint density at radius 2 is 1.97 bits per heavy atom. The molecule has 3 aromatic rings. The van der Waals surface area contributed by atoms with E-state index in [2.05, 4.69) is 33.9 Å². The molecule has 1 aliphatic heterocycles. The van der Waals surface area contributed by atoms with Gasteiger partial charge in [-0.2, -0.15) is 0 Å². The molecule has 0 saturated carbocycles. The van der Waals surface area contributed by atoms with E-state index in [1.165, 1.54) is 0 Å². The Morgan fingerprint density at radius 3 is 2.72 bits per heavy atom. The predicted octanol–water partition coefficient (Wildman–Crippen LogP) is 2.94. The highest BCUT2D eigenvalue weighted by Crippen LogP contribution is 2.29. The molecule has 0 bridgehead atoms. The molecule has 0 aliphatic carbocycles. The van der Waals surface area contributed by atoms with Crippen molar-refractivity contribution < 1.29 is 13.9 Å². The van der Waals surface area contributed by atoms with Crippen molar-refractivity contribution in [2.75, 3.05) is 50.8 Å². The Labute approximate surface area is 188 Å². The maximum absolute atomic E-state index is 12.5. The molecular weight excluding hydrogens is 406 g/mol. The predicted molar refractivity (Wildman–Crippen MR) is 125 cm³/mol. The number of furan rings is 1. The van der Waals surface area contributed by atoms with E-state index in [1.807, 2.05) is 36.4 Å². The molecule has 2 aromatic heterocycles. The number of rotatable bonds is 9. The topological polar surface area (TPSA) is 83.7 Å². The fourth-order valence-corrected chi connectivity index (χ4v) is 3.89. The summed E-state index contributed by atoms with van der Waals surface area (Å²) in [4.78, 5) is 26.5. The van der Waals surface area contributed by atoms with Crippen molar-refractivity contribution in [3.63, 3.8) is 0 Å². The molecule has 4 rings (SSSR count). The summed E-state index contributed by atoms with van der Waals surface area (Å²) in [6.45, 7) is 9.69. The van der Waals surface area contributed by atoms with Gasteiger partial charge in [0.25, 0.3) is 0 Å². The van der Waals surface area contributed by atoms with Gasteiger partial charge in [0.15, 0.2) is 11.6 Å². The van der Waals surface area contributed by atoms with Gasteiger partial charge in [0.05, 0.1) is 25.0 Å². The molecule has 1 N–H and O–H groups in total. The summed E-state index contributed by atoms with van der Waals surface area (Å²) in [6, 6.07) is 11.8. The molecule has 8 heteroatoms. The molecule has 0 radical (unpaired) electrons. The number of nitrogens with one attached hydrogen (secondary N) is 1. The van der Waals surface area contributed by atoms with E-state index >= 15 is 0 Å². The smallest absolute Gasteiger partial charge is 0.221 e. The van der Waals surface area contributed by atoms with Crippen molar-refractivity contribution >= 4 is 22.6 Å². The number of nitrogens with zero attached hydrogens (tertiary/aromatic N) is 4. The van der Waals surface area contributed by atoms with E-state index in [4.69, 9.17) is 14.1 Å². The average molecular weight is 438 g/mol. The van der Waals surface area contributed by atoms with Gasteiger partial charge in [-0.25, -0.2) is 9.97 Å². The van der Waals surface area contributed by atoms with Crippen molar-refractivity contribution in [3.8, 4) is 11.6 Å². The van der Waals surface area contributed by atoms with Crippen molar-refractivity contribution in [3.05, 3.63) is 42.7 Å². The van der Waals surface area contributed by atoms with Gasteiger partial charge in [-0.3, -0.25) is 9.69 Å². The number of morpholine rings is 1. The molecule has 1 aromatic carbocycles. The molecule has 1 aliphatic rings.